The number of carbonyl (C=O) groups is 2. The summed E-state index contributed by atoms with van der Waals surface area (Å²) in [6.45, 7) is 5.32. The molecule has 0 aliphatic carbocycles. The molecule has 2 aliphatic rings. The Morgan fingerprint density at radius 2 is 1.94 bits per heavy atom. The van der Waals surface area contributed by atoms with Crippen LogP contribution < -0.4 is 19.7 Å². The van der Waals surface area contributed by atoms with Gasteiger partial charge in [-0.3, -0.25) is 4.79 Å². The Kier molecular flexibility index (Phi) is 7.47. The molecule has 2 atom stereocenters. The van der Waals surface area contributed by atoms with Crippen LogP contribution in [-0.4, -0.2) is 74.7 Å². The third-order valence-electron chi connectivity index (χ3n) is 4.94. The van der Waals surface area contributed by atoms with Crippen LogP contribution in [0.4, 0.5) is 10.5 Å². The van der Waals surface area contributed by atoms with Crippen LogP contribution in [0.2, 0.25) is 0 Å². The number of methoxy groups -OCH3 is 2. The van der Waals surface area contributed by atoms with Crippen molar-refractivity contribution in [1.29, 1.82) is 0 Å². The lowest BCUT2D eigenvalue weighted by Gasteiger charge is -2.26. The van der Waals surface area contributed by atoms with Crippen molar-refractivity contribution in [2.45, 2.75) is 44.1 Å². The van der Waals surface area contributed by atoms with Crippen LogP contribution in [0.25, 0.3) is 0 Å². The van der Waals surface area contributed by atoms with Crippen LogP contribution in [0.1, 0.15) is 27.2 Å². The van der Waals surface area contributed by atoms with E-state index in [1.165, 1.54) is 26.0 Å². The molecule has 0 unspecified atom stereocenters. The minimum Gasteiger partial charge on any atom is -0.497 e. The standard InChI is InChI=1S/C21H29N3O7S2/c1-21(2,3)31-20(26)22-9-8-18(25)23-19-24(15-11-33(27,28)12-17(15)32-19)14-7-6-13(29-4)10-16(14)30-5/h6-7,10,15,17H,8-9,11-12H2,1-5H3,(H,22,26)/t15-,17+/m0/s1. The summed E-state index contributed by atoms with van der Waals surface area (Å²) < 4.78 is 40.4. The molecule has 182 valence electrons. The molecular weight excluding hydrogens is 470 g/mol. The first-order valence-corrected chi connectivity index (χ1v) is 13.1. The minimum absolute atomic E-state index is 0.0186. The summed E-state index contributed by atoms with van der Waals surface area (Å²) in [7, 11) is -0.152. The zero-order valence-electron chi connectivity index (χ0n) is 19.3. The van der Waals surface area contributed by atoms with Crippen molar-refractivity contribution in [3.05, 3.63) is 18.2 Å². The van der Waals surface area contributed by atoms with Gasteiger partial charge in [-0.1, -0.05) is 11.8 Å². The maximum Gasteiger partial charge on any atom is 0.407 e. The summed E-state index contributed by atoms with van der Waals surface area (Å²) in [6, 6.07) is 4.83. The van der Waals surface area contributed by atoms with Crippen LogP contribution >= 0.6 is 11.8 Å². The van der Waals surface area contributed by atoms with E-state index in [1.807, 2.05) is 0 Å². The van der Waals surface area contributed by atoms with Crippen molar-refractivity contribution in [2.24, 2.45) is 4.99 Å². The monoisotopic (exact) mass is 499 g/mol. The molecule has 0 bridgehead atoms. The molecule has 2 amide bonds. The number of sulfone groups is 1. The number of alkyl carbamates (subject to hydrolysis) is 1. The number of amidine groups is 1. The lowest BCUT2D eigenvalue weighted by molar-refractivity contribution is -0.117. The SMILES string of the molecule is COc1ccc(N2C(=NC(=O)CCNC(=O)OC(C)(C)C)S[C@@H]3CS(=O)(=O)C[C@@H]32)c(OC)c1. The van der Waals surface area contributed by atoms with Crippen LogP contribution in [0.5, 0.6) is 11.5 Å². The molecule has 2 fully saturated rings. The average Bonchev–Trinajstić information content (AvgIpc) is 3.16. The molecule has 2 saturated heterocycles. The molecular formula is C21H29N3O7S2. The lowest BCUT2D eigenvalue weighted by Crippen LogP contribution is -2.38. The highest BCUT2D eigenvalue weighted by Crippen LogP contribution is 2.44. The maximum atomic E-state index is 12.6. The summed E-state index contributed by atoms with van der Waals surface area (Å²) in [4.78, 5) is 30.3. The van der Waals surface area contributed by atoms with E-state index < -0.39 is 27.4 Å². The third-order valence-corrected chi connectivity index (χ3v) is 8.15. The summed E-state index contributed by atoms with van der Waals surface area (Å²) in [5.74, 6) is 0.610. The summed E-state index contributed by atoms with van der Waals surface area (Å²) >= 11 is 1.27. The summed E-state index contributed by atoms with van der Waals surface area (Å²) in [5, 5.41) is 2.70. The quantitative estimate of drug-likeness (QED) is 0.627. The summed E-state index contributed by atoms with van der Waals surface area (Å²) in [6.07, 6.45) is -0.632. The van der Waals surface area contributed by atoms with Crippen molar-refractivity contribution in [3.63, 3.8) is 0 Å². The Balaban J connectivity index is 1.80. The molecule has 0 saturated carbocycles. The molecule has 0 spiro atoms. The van der Waals surface area contributed by atoms with E-state index in [1.54, 1.807) is 43.9 Å². The van der Waals surface area contributed by atoms with Gasteiger partial charge < -0.3 is 24.4 Å². The van der Waals surface area contributed by atoms with Gasteiger partial charge in [0.05, 0.1) is 37.5 Å². The normalized spacial score (nSPS) is 22.7. The number of fused-ring (bicyclic) bond motifs is 1. The second kappa shape index (κ2) is 9.80. The topological polar surface area (TPSA) is 124 Å². The zero-order chi connectivity index (χ0) is 24.4. The fourth-order valence-corrected chi connectivity index (χ4v) is 7.50. The Labute approximate surface area is 198 Å². The molecule has 10 nitrogen and oxygen atoms in total. The minimum atomic E-state index is -3.20. The second-order valence-corrected chi connectivity index (χ2v) is 12.0. The fraction of sp³-hybridized carbons (Fsp3) is 0.571. The molecule has 0 radical (unpaired) electrons. The van der Waals surface area contributed by atoms with Crippen LogP contribution in [0, 0.1) is 0 Å². The van der Waals surface area contributed by atoms with E-state index in [0.717, 1.165) is 0 Å². The Morgan fingerprint density at radius 1 is 1.21 bits per heavy atom. The van der Waals surface area contributed by atoms with E-state index in [-0.39, 0.29) is 35.8 Å². The molecule has 2 aliphatic heterocycles. The summed E-state index contributed by atoms with van der Waals surface area (Å²) in [5.41, 5.74) is -0.0287. The van der Waals surface area contributed by atoms with Gasteiger partial charge in [0.2, 0.25) is 5.91 Å². The highest BCUT2D eigenvalue weighted by Gasteiger charge is 2.50. The van der Waals surface area contributed by atoms with Gasteiger partial charge in [-0.05, 0) is 32.9 Å². The first-order chi connectivity index (χ1) is 15.4. The van der Waals surface area contributed by atoms with Crippen molar-refractivity contribution in [1.82, 2.24) is 5.32 Å². The van der Waals surface area contributed by atoms with Gasteiger partial charge >= 0.3 is 6.09 Å². The Morgan fingerprint density at radius 3 is 2.58 bits per heavy atom. The van der Waals surface area contributed by atoms with Crippen LogP contribution in [0.3, 0.4) is 0 Å². The van der Waals surface area contributed by atoms with Gasteiger partial charge in [0.1, 0.15) is 17.1 Å². The molecule has 1 aromatic rings. The van der Waals surface area contributed by atoms with Crippen molar-refractivity contribution < 1.29 is 32.2 Å². The third kappa shape index (κ3) is 6.32. The van der Waals surface area contributed by atoms with E-state index in [9.17, 15) is 18.0 Å². The highest BCUT2D eigenvalue weighted by molar-refractivity contribution is 8.16. The predicted octanol–water partition coefficient (Wildman–Crippen LogP) is 2.22. The molecule has 3 rings (SSSR count). The van der Waals surface area contributed by atoms with Crippen LogP contribution in [-0.2, 0) is 19.4 Å². The van der Waals surface area contributed by atoms with E-state index in [0.29, 0.717) is 22.4 Å². The predicted molar refractivity (Wildman–Crippen MR) is 127 cm³/mol. The number of hydrogen-bond donors (Lipinski definition) is 1. The van der Waals surface area contributed by atoms with Crippen LogP contribution in [0.15, 0.2) is 23.2 Å². The number of rotatable bonds is 6. The molecule has 0 aromatic heterocycles. The number of anilines is 1. The van der Waals surface area contributed by atoms with Gasteiger partial charge in [-0.15, -0.1) is 0 Å². The number of aliphatic imine (C=N–C) groups is 1. The van der Waals surface area contributed by atoms with E-state index >= 15 is 0 Å². The zero-order valence-corrected chi connectivity index (χ0v) is 20.9. The number of thioether (sulfide) groups is 1. The largest absolute Gasteiger partial charge is 0.497 e. The fourth-order valence-electron chi connectivity index (χ4n) is 3.58. The first kappa shape index (κ1) is 25.2. The molecule has 1 N–H and O–H groups in total. The van der Waals surface area contributed by atoms with Crippen molar-refractivity contribution in [3.8, 4) is 11.5 Å². The molecule has 12 heteroatoms. The van der Waals surface area contributed by atoms with E-state index in [4.69, 9.17) is 14.2 Å². The van der Waals surface area contributed by atoms with Gasteiger partial charge in [0.25, 0.3) is 0 Å². The first-order valence-electron chi connectivity index (χ1n) is 10.4. The molecule has 33 heavy (non-hydrogen) atoms. The van der Waals surface area contributed by atoms with E-state index in [2.05, 4.69) is 10.3 Å². The van der Waals surface area contributed by atoms with Gasteiger partial charge in [-0.2, -0.15) is 4.99 Å². The maximum absolute atomic E-state index is 12.6. The number of ether oxygens (including phenoxy) is 3. The number of amides is 2. The van der Waals surface area contributed by atoms with Gasteiger partial charge in [-0.25, -0.2) is 13.2 Å². The highest BCUT2D eigenvalue weighted by atomic mass is 32.2. The second-order valence-electron chi connectivity index (χ2n) is 8.68. The van der Waals surface area contributed by atoms with Gasteiger partial charge in [0.15, 0.2) is 15.0 Å². The Hall–Kier alpha value is -2.47. The smallest absolute Gasteiger partial charge is 0.407 e. The number of nitrogens with one attached hydrogen (secondary N) is 1. The van der Waals surface area contributed by atoms with Crippen molar-refractivity contribution >= 4 is 44.5 Å². The Bertz CT molecular complexity index is 1050. The number of hydrogen-bond acceptors (Lipinski definition) is 8. The number of benzene rings is 1. The average molecular weight is 500 g/mol. The van der Waals surface area contributed by atoms with Gasteiger partial charge in [0, 0.05) is 24.3 Å². The molecule has 1 aromatic carbocycles. The van der Waals surface area contributed by atoms with Crippen molar-refractivity contribution in [2.75, 3.05) is 37.2 Å². The lowest BCUT2D eigenvalue weighted by atomic mass is 10.2. The number of carbonyl (C=O) groups excluding carboxylic acids is 2. The molecule has 2 heterocycles. The number of nitrogens with zero attached hydrogens (tertiary/aromatic N) is 2.